The van der Waals surface area contributed by atoms with Crippen LogP contribution < -0.4 is 10.6 Å². The van der Waals surface area contributed by atoms with E-state index in [0.717, 1.165) is 31.6 Å². The molecule has 194 valence electrons. The molecule has 0 aromatic carbocycles. The van der Waals surface area contributed by atoms with Gasteiger partial charge in [-0.05, 0) is 55.1 Å². The van der Waals surface area contributed by atoms with Crippen LogP contribution in [-0.4, -0.2) is 88.2 Å². The van der Waals surface area contributed by atoms with Gasteiger partial charge in [0.15, 0.2) is 0 Å². The highest BCUT2D eigenvalue weighted by molar-refractivity contribution is 7.99. The lowest BCUT2D eigenvalue weighted by molar-refractivity contribution is -0.207. The van der Waals surface area contributed by atoms with Crippen LogP contribution in [0.4, 0.5) is 0 Å². The van der Waals surface area contributed by atoms with Crippen molar-refractivity contribution in [2.24, 2.45) is 23.7 Å². The second-order valence-electron chi connectivity index (χ2n) is 10.9. The van der Waals surface area contributed by atoms with E-state index in [1.54, 1.807) is 0 Å². The summed E-state index contributed by atoms with van der Waals surface area (Å²) in [6.45, 7) is 7.90. The predicted octanol–water partition coefficient (Wildman–Crippen LogP) is 1.04. The highest BCUT2D eigenvalue weighted by Crippen LogP contribution is 2.35. The molecule has 4 rings (SSSR count). The molecule has 0 aromatic heterocycles. The topological polar surface area (TPSA) is 120 Å². The van der Waals surface area contributed by atoms with Crippen molar-refractivity contribution in [1.29, 1.82) is 0 Å². The van der Waals surface area contributed by atoms with Gasteiger partial charge in [0.05, 0.1) is 12.1 Å². The number of nitrogens with one attached hydrogen (secondary N) is 2. The maximum absolute atomic E-state index is 13.5. The van der Waals surface area contributed by atoms with Gasteiger partial charge in [0.2, 0.25) is 5.91 Å². The molecule has 0 aromatic rings. The van der Waals surface area contributed by atoms with Crippen molar-refractivity contribution in [2.45, 2.75) is 94.5 Å². The number of aliphatic hydroxyl groups excluding tert-OH is 3. The standard InChI is InChI=1S/C25H42N2O6S/c1-13(2)10-15-7-8-32-22-16(11-15)12-26-18(22)24(31)27-17-14(3)6-4-5-9-34-25-21(30)19(28)20(29)23(17)33-25/h4,6,13-23,25-26,28-30H,5,7-12H2,1-3H3,(H,27,31)/b6-4-/t14-,15+,16+,17-,18+,19+,20-,21-,22-,23-,25-/m1/s1. The van der Waals surface area contributed by atoms with Crippen LogP contribution in [0.1, 0.15) is 46.5 Å². The number of ether oxygens (including phenoxy) is 2. The number of carbonyl (C=O) groups is 1. The van der Waals surface area contributed by atoms with Gasteiger partial charge in [-0.25, -0.2) is 0 Å². The van der Waals surface area contributed by atoms with Gasteiger partial charge in [-0.3, -0.25) is 4.79 Å². The summed E-state index contributed by atoms with van der Waals surface area (Å²) in [5, 5.41) is 38.2. The molecule has 1 amide bonds. The fraction of sp³-hybridized carbons (Fsp3) is 0.880. The summed E-state index contributed by atoms with van der Waals surface area (Å²) in [5.41, 5.74) is -0.654. The van der Waals surface area contributed by atoms with Gasteiger partial charge in [0.1, 0.15) is 35.9 Å². The van der Waals surface area contributed by atoms with E-state index in [2.05, 4.69) is 30.6 Å². The fourth-order valence-electron chi connectivity index (χ4n) is 6.03. The largest absolute Gasteiger partial charge is 0.388 e. The number of hydrogen-bond donors (Lipinski definition) is 5. The Kier molecular flexibility index (Phi) is 8.99. The van der Waals surface area contributed by atoms with Crippen molar-refractivity contribution in [3.05, 3.63) is 12.2 Å². The molecule has 5 N–H and O–H groups in total. The molecule has 0 spiro atoms. The van der Waals surface area contributed by atoms with E-state index < -0.39 is 41.9 Å². The maximum Gasteiger partial charge on any atom is 0.240 e. The Morgan fingerprint density at radius 3 is 2.76 bits per heavy atom. The van der Waals surface area contributed by atoms with E-state index >= 15 is 0 Å². The molecular weight excluding hydrogens is 456 g/mol. The molecule has 11 atom stereocenters. The van der Waals surface area contributed by atoms with Crippen molar-refractivity contribution in [1.82, 2.24) is 10.6 Å². The minimum atomic E-state index is -1.33. The monoisotopic (exact) mass is 498 g/mol. The summed E-state index contributed by atoms with van der Waals surface area (Å²) < 4.78 is 12.3. The zero-order chi connectivity index (χ0) is 24.4. The lowest BCUT2D eigenvalue weighted by Gasteiger charge is -2.45. The van der Waals surface area contributed by atoms with Gasteiger partial charge in [-0.15, -0.1) is 11.8 Å². The molecule has 3 saturated heterocycles. The van der Waals surface area contributed by atoms with Gasteiger partial charge in [0, 0.05) is 13.2 Å². The van der Waals surface area contributed by atoms with Gasteiger partial charge < -0.3 is 35.4 Å². The quantitative estimate of drug-likeness (QED) is 0.365. The molecule has 4 aliphatic heterocycles. The minimum Gasteiger partial charge on any atom is -0.388 e. The number of fused-ring (bicyclic) bond motifs is 3. The third-order valence-corrected chi connectivity index (χ3v) is 8.98. The third kappa shape index (κ3) is 5.82. The van der Waals surface area contributed by atoms with Crippen LogP contribution in [0, 0.1) is 23.7 Å². The molecule has 8 nitrogen and oxygen atoms in total. The first-order valence-corrected chi connectivity index (χ1v) is 13.9. The van der Waals surface area contributed by atoms with Crippen LogP contribution >= 0.6 is 11.8 Å². The van der Waals surface area contributed by atoms with E-state index in [-0.39, 0.29) is 17.9 Å². The zero-order valence-electron chi connectivity index (χ0n) is 20.5. The second-order valence-corrected chi connectivity index (χ2v) is 12.1. The maximum atomic E-state index is 13.5. The Morgan fingerprint density at radius 2 is 2.00 bits per heavy atom. The Hall–Kier alpha value is -0.680. The Balaban J connectivity index is 1.48. The van der Waals surface area contributed by atoms with Crippen LogP contribution in [0.5, 0.6) is 0 Å². The third-order valence-electron chi connectivity index (χ3n) is 7.79. The first-order valence-electron chi connectivity index (χ1n) is 12.9. The van der Waals surface area contributed by atoms with E-state index in [4.69, 9.17) is 9.47 Å². The summed E-state index contributed by atoms with van der Waals surface area (Å²) >= 11 is 1.42. The summed E-state index contributed by atoms with van der Waals surface area (Å²) in [5.74, 6) is 2.01. The Morgan fingerprint density at radius 1 is 1.21 bits per heavy atom. The fourth-order valence-corrected chi connectivity index (χ4v) is 7.10. The number of hydrogen-bond acceptors (Lipinski definition) is 8. The lowest BCUT2D eigenvalue weighted by Crippen LogP contribution is -2.65. The van der Waals surface area contributed by atoms with Gasteiger partial charge >= 0.3 is 0 Å². The molecule has 0 aliphatic carbocycles. The molecule has 34 heavy (non-hydrogen) atoms. The van der Waals surface area contributed by atoms with Crippen molar-refractivity contribution in [2.75, 3.05) is 18.9 Å². The molecule has 0 saturated carbocycles. The Bertz CT molecular complexity index is 724. The summed E-state index contributed by atoms with van der Waals surface area (Å²) in [6, 6.07) is -1.02. The number of carbonyl (C=O) groups excluding carboxylic acids is 1. The molecule has 2 bridgehead atoms. The average Bonchev–Trinajstić information content (AvgIpc) is 3.08. The molecule has 0 radical (unpaired) electrons. The molecule has 9 heteroatoms. The van der Waals surface area contributed by atoms with Crippen molar-refractivity contribution in [3.63, 3.8) is 0 Å². The molecule has 0 unspecified atom stereocenters. The predicted molar refractivity (Wildman–Crippen MR) is 131 cm³/mol. The van der Waals surface area contributed by atoms with Crippen LogP contribution in [0.15, 0.2) is 12.2 Å². The number of allylic oxidation sites excluding steroid dienone is 1. The summed E-state index contributed by atoms with van der Waals surface area (Å²) in [6.07, 6.45) is 3.36. The number of aliphatic hydroxyl groups is 3. The summed E-state index contributed by atoms with van der Waals surface area (Å²) in [7, 11) is 0. The second kappa shape index (κ2) is 11.6. The SMILES string of the molecule is CC(C)C[C@@H]1CCO[C@@H]2[C@H](CN[C@@H]2C(=O)N[C@H]2[C@H]3O[C@H](SCC/C=C\[C@H]2C)[C@H](O)[C@@H](O)[C@H]3O)C1. The van der Waals surface area contributed by atoms with E-state index in [1.165, 1.54) is 18.2 Å². The van der Waals surface area contributed by atoms with Crippen molar-refractivity contribution in [3.8, 4) is 0 Å². The molecular formula is C25H42N2O6S. The zero-order valence-corrected chi connectivity index (χ0v) is 21.3. The molecule has 4 heterocycles. The lowest BCUT2D eigenvalue weighted by atomic mass is 9.85. The smallest absolute Gasteiger partial charge is 0.240 e. The first kappa shape index (κ1) is 26.4. The van der Waals surface area contributed by atoms with E-state index in [1.807, 2.05) is 13.0 Å². The van der Waals surface area contributed by atoms with Crippen LogP contribution in [0.2, 0.25) is 0 Å². The number of thioether (sulfide) groups is 1. The average molecular weight is 499 g/mol. The highest BCUT2D eigenvalue weighted by atomic mass is 32.2. The van der Waals surface area contributed by atoms with Gasteiger partial charge in [-0.2, -0.15) is 0 Å². The van der Waals surface area contributed by atoms with Crippen molar-refractivity contribution >= 4 is 17.7 Å². The van der Waals surface area contributed by atoms with Gasteiger partial charge in [-0.1, -0.05) is 32.9 Å². The normalized spacial score (nSPS) is 46.4. The van der Waals surface area contributed by atoms with Crippen LogP contribution in [0.25, 0.3) is 0 Å². The molecule has 4 aliphatic rings. The number of amides is 1. The number of rotatable bonds is 4. The van der Waals surface area contributed by atoms with Crippen LogP contribution in [-0.2, 0) is 14.3 Å². The minimum absolute atomic E-state index is 0.127. The highest BCUT2D eigenvalue weighted by Gasteiger charge is 2.49. The summed E-state index contributed by atoms with van der Waals surface area (Å²) in [4.78, 5) is 13.5. The molecule has 3 fully saturated rings. The van der Waals surface area contributed by atoms with Gasteiger partial charge in [0.25, 0.3) is 0 Å². The van der Waals surface area contributed by atoms with Crippen molar-refractivity contribution < 1.29 is 29.6 Å². The van der Waals surface area contributed by atoms with E-state index in [9.17, 15) is 20.1 Å². The van der Waals surface area contributed by atoms with E-state index in [0.29, 0.717) is 24.4 Å². The van der Waals surface area contributed by atoms with Crippen LogP contribution in [0.3, 0.4) is 0 Å². The Labute approximate surface area is 207 Å². The first-order chi connectivity index (χ1) is 16.3.